The number of carbonyl (C=O) groups is 8. The molecule has 12 atom stereocenters. The third kappa shape index (κ3) is 20.8. The Kier molecular flexibility index (Phi) is 22.4. The number of sulfone groups is 4. The zero-order valence-corrected chi connectivity index (χ0v) is 76.2. The molecular weight excluding hydrogens is 1850 g/mol. The highest BCUT2D eigenvalue weighted by molar-refractivity contribution is 7.91. The van der Waals surface area contributed by atoms with E-state index in [4.69, 9.17) is 27.3 Å². The first-order valence-corrected chi connectivity index (χ1v) is 50.0. The maximum absolute atomic E-state index is 14.7. The van der Waals surface area contributed by atoms with Crippen LogP contribution in [0.2, 0.25) is 0 Å². The van der Waals surface area contributed by atoms with Crippen LogP contribution in [-0.2, 0) is 84.7 Å². The molecule has 7 amide bonds. The first-order chi connectivity index (χ1) is 69.7. The summed E-state index contributed by atoms with van der Waals surface area (Å²) in [7, 11) is -14.1. The van der Waals surface area contributed by atoms with Crippen LogP contribution in [0.5, 0.6) is 0 Å². The lowest BCUT2D eigenvalue weighted by molar-refractivity contribution is -0.121. The number of rotatable bonds is 19. The van der Waals surface area contributed by atoms with Gasteiger partial charge >= 0.3 is 5.97 Å². The van der Waals surface area contributed by atoms with Crippen molar-refractivity contribution in [1.82, 2.24) is 55.1 Å². The first kappa shape index (κ1) is 81.2. The summed E-state index contributed by atoms with van der Waals surface area (Å²) in [5.74, 6) is -13.6. The molecule has 4 saturated carbocycles. The van der Waals surface area contributed by atoms with Crippen molar-refractivity contribution < 1.29 is 111 Å². The lowest BCUT2D eigenvalue weighted by atomic mass is 10.1. The summed E-state index contributed by atoms with van der Waals surface area (Å²) in [6, 6.07) is 48.1. The van der Waals surface area contributed by atoms with Gasteiger partial charge in [-0.2, -0.15) is 20.4 Å². The molecule has 6 N–H and O–H groups in total. The van der Waals surface area contributed by atoms with Gasteiger partial charge in [-0.25, -0.2) is 56.0 Å². The molecule has 8 aliphatic rings. The summed E-state index contributed by atoms with van der Waals surface area (Å²) in [6.45, 7) is -10.3. The fourth-order valence-corrected chi connectivity index (χ4v) is 20.0. The Morgan fingerprint density at radius 1 is 0.358 bits per heavy atom. The van der Waals surface area contributed by atoms with Gasteiger partial charge < -0.3 is 46.4 Å². The van der Waals surface area contributed by atoms with E-state index in [1.165, 1.54) is 91.5 Å². The molecule has 8 heterocycles. The number of anilines is 4. The highest BCUT2D eigenvalue weighted by atomic mass is 32.2. The number of likely N-dealkylation sites (N-methyl/N-ethyl adjacent to an activating group) is 4. The molecule has 137 heavy (non-hydrogen) atoms. The molecule has 20 rings (SSSR count). The van der Waals surface area contributed by atoms with Crippen molar-refractivity contribution in [1.29, 1.82) is 0 Å². The standard InChI is InChI=1S/3C24H23FN4O4S.C13H16N2O3S.C11H9FN2O2/c3*1-28-20-9-8-15(34(2,32)33)10-17(20)16-11-18(16)21(24(28)31)26-23(30)22-19(25)13-29(27-22)12-14-6-4-3-5-7-14;1-15-11-4-3-7(19(2,17)18)5-9(11)8-6-10(8)12(14)13(15)16;12-9-7-14(13-10(9)11(15)16)6-8-4-2-1-3-5-8/h3*3-10,13,16,18,21H,11-12H2,1-2H3,(H,26,30);3-5,8,10,12H,6,14H2,1-2H3;1-5,7H,6H2,(H,15,16)/t3*16-,18-,21-;8-,10-,12-;/m1000./s1/i4*1D3;. The number of amides is 7. The maximum Gasteiger partial charge on any atom is 0.359 e. The van der Waals surface area contributed by atoms with E-state index in [0.29, 0.717) is 69.2 Å². The Bertz CT molecular complexity index is 7290. The molecule has 33 nitrogen and oxygen atoms in total. The van der Waals surface area contributed by atoms with Gasteiger partial charge in [-0.05, 0) is 190 Å². The van der Waals surface area contributed by atoms with E-state index in [0.717, 1.165) is 77.0 Å². The van der Waals surface area contributed by atoms with Crippen LogP contribution in [0.3, 0.4) is 0 Å². The van der Waals surface area contributed by atoms with Crippen LogP contribution < -0.4 is 41.3 Å². The van der Waals surface area contributed by atoms with E-state index in [1.807, 2.05) is 121 Å². The molecular formula is C96H94F4N16O17S4. The Morgan fingerprint density at radius 2 is 0.584 bits per heavy atom. The minimum absolute atomic E-state index is 0.00310. The number of fused-ring (bicyclic) bond motifs is 12. The van der Waals surface area contributed by atoms with Crippen LogP contribution in [0.25, 0.3) is 0 Å². The number of carbonyl (C=O) groups excluding carboxylic acids is 7. The van der Waals surface area contributed by atoms with E-state index in [1.54, 1.807) is 0 Å². The summed E-state index contributed by atoms with van der Waals surface area (Å²) in [4.78, 5) is 105. The number of aromatic nitrogens is 8. The summed E-state index contributed by atoms with van der Waals surface area (Å²) in [5.41, 5.74) is 9.52. The summed E-state index contributed by atoms with van der Waals surface area (Å²) < 4.78 is 252. The first-order valence-electron chi connectivity index (χ1n) is 48.4. The molecule has 12 aromatic rings. The monoisotopic (exact) mass is 1960 g/mol. The van der Waals surface area contributed by atoms with Crippen LogP contribution in [0, 0.1) is 46.9 Å². The number of nitrogens with zero attached hydrogens (tertiary/aromatic N) is 12. The topological polar surface area (TPSA) is 440 Å². The SMILES string of the molecule is O=C(O)c1nn(Cc2ccccc2)cc1F.[2H]C([2H])([2H])N1C(=O)[C@@H](N)[C@H]2C[C@H]2c2cc(S(C)(=O)=O)ccc21.[2H]C([2H])([2H])N1C(=O)[C@@H](NC(=O)c2nn(Cc3ccccc3)cc2F)[C@H]2C[C@H]2c2cc(S(C)(=O)=O)ccc21.[2H]C([2H])([2H])N1C(=O)[C@@H](NC(=O)c2nn(Cc3ccccc3)cc2F)[C@H]2C[C@H]2c2cc(S(C)(=O)=O)ccc21.[2H]C([2H])([2H])N1C(=O)[C@H](NC(=O)c2nn(Cc3ccccc3)cc2F)[C@@H]2C[C@@H]2c2cc(S(C)(=O)=O)ccc21. The minimum atomic E-state index is -3.58. The van der Waals surface area contributed by atoms with Crippen molar-refractivity contribution in [3.8, 4) is 0 Å². The van der Waals surface area contributed by atoms with Gasteiger partial charge in [-0.1, -0.05) is 121 Å². The van der Waals surface area contributed by atoms with E-state index >= 15 is 0 Å². The normalized spacial score (nSPS) is 22.9. The highest BCUT2D eigenvalue weighted by Crippen LogP contribution is 2.58. The molecule has 4 aliphatic heterocycles. The molecule has 712 valence electrons. The lowest BCUT2D eigenvalue weighted by Crippen LogP contribution is -2.48. The van der Waals surface area contributed by atoms with Crippen molar-refractivity contribution in [2.24, 2.45) is 29.4 Å². The van der Waals surface area contributed by atoms with Crippen LogP contribution in [-0.4, -0.2) is 202 Å². The second-order valence-corrected chi connectivity index (χ2v) is 42.5. The molecule has 41 heteroatoms. The minimum Gasteiger partial charge on any atom is -0.476 e. The Hall–Kier alpha value is -14.2. The van der Waals surface area contributed by atoms with Gasteiger partial charge in [0.05, 0.1) is 76.6 Å². The number of hydrogen-bond acceptors (Lipinski definition) is 21. The van der Waals surface area contributed by atoms with E-state index in [9.17, 15) is 89.6 Å². The van der Waals surface area contributed by atoms with Crippen molar-refractivity contribution in [2.75, 3.05) is 72.5 Å². The van der Waals surface area contributed by atoms with Crippen molar-refractivity contribution in [3.05, 3.63) is 309 Å². The number of hydrogen-bond donors (Lipinski definition) is 5. The number of carboxylic acid groups (broad SMARTS) is 1. The molecule has 0 saturated heterocycles. The molecule has 4 aliphatic carbocycles. The second-order valence-electron chi connectivity index (χ2n) is 34.4. The quantitative estimate of drug-likeness (QED) is 0.0470. The van der Waals surface area contributed by atoms with Gasteiger partial charge in [0.2, 0.25) is 29.3 Å². The highest BCUT2D eigenvalue weighted by Gasteiger charge is 2.56. The Morgan fingerprint density at radius 3 is 0.818 bits per heavy atom. The fourth-order valence-electron chi connectivity index (χ4n) is 17.4. The molecule has 0 spiro atoms. The molecule has 0 radical (unpaired) electrons. The fraction of sp³-hybridized carbons (Fsp3) is 0.292. The van der Waals surface area contributed by atoms with Gasteiger partial charge in [0.15, 0.2) is 79.7 Å². The van der Waals surface area contributed by atoms with Gasteiger partial charge in [-0.15, -0.1) is 0 Å². The second kappa shape index (κ2) is 37.8. The molecule has 4 aromatic heterocycles. The third-order valence-corrected chi connectivity index (χ3v) is 29.1. The largest absolute Gasteiger partial charge is 0.476 e. The summed E-state index contributed by atoms with van der Waals surface area (Å²) in [5, 5.41) is 31.9. The number of nitrogens with one attached hydrogen (secondary N) is 3. The average molecular weight is 1960 g/mol. The zero-order valence-electron chi connectivity index (χ0n) is 84.9. The molecule has 0 unspecified atom stereocenters. The number of nitrogens with two attached hydrogens (primary N) is 1. The summed E-state index contributed by atoms with van der Waals surface area (Å²) >= 11 is 0. The van der Waals surface area contributed by atoms with Gasteiger partial charge in [0.1, 0.15) is 18.1 Å². The molecule has 8 aromatic carbocycles. The molecule has 4 fully saturated rings. The van der Waals surface area contributed by atoms with Gasteiger partial charge in [0.25, 0.3) is 17.7 Å². The van der Waals surface area contributed by atoms with Crippen molar-refractivity contribution >= 4 is 109 Å². The van der Waals surface area contributed by atoms with E-state index < -0.39 is 203 Å². The number of halogens is 4. The number of carboxylic acids is 1. The van der Waals surface area contributed by atoms with E-state index in [2.05, 4.69) is 36.3 Å². The van der Waals surface area contributed by atoms with Crippen LogP contribution in [0.15, 0.2) is 238 Å². The Labute approximate surface area is 802 Å². The zero-order chi connectivity index (χ0) is 108. The maximum atomic E-state index is 14.7. The van der Waals surface area contributed by atoms with Crippen LogP contribution in [0.1, 0.15) is 152 Å². The van der Waals surface area contributed by atoms with Crippen molar-refractivity contribution in [3.63, 3.8) is 0 Å². The molecule has 0 bridgehead atoms. The van der Waals surface area contributed by atoms with Gasteiger partial charge in [-0.3, -0.25) is 52.3 Å². The third-order valence-electron chi connectivity index (χ3n) is 24.7. The lowest BCUT2D eigenvalue weighted by Gasteiger charge is -2.23. The van der Waals surface area contributed by atoms with Gasteiger partial charge in [0, 0.05) is 92.1 Å². The Balaban J connectivity index is 0.000000137. The van der Waals surface area contributed by atoms with Crippen LogP contribution in [0.4, 0.5) is 40.3 Å². The average Bonchev–Trinajstić information content (AvgIpc) is 1.59. The predicted molar refractivity (Wildman–Crippen MR) is 495 cm³/mol. The summed E-state index contributed by atoms with van der Waals surface area (Å²) in [6.07, 6.45) is 10.5. The number of aromatic carboxylic acids is 1. The number of benzene rings is 8. The van der Waals surface area contributed by atoms with Crippen LogP contribution >= 0.6 is 0 Å². The predicted octanol–water partition coefficient (Wildman–Crippen LogP) is 9.32. The van der Waals surface area contributed by atoms with Crippen molar-refractivity contribution in [2.45, 2.75) is 119 Å². The van der Waals surface area contributed by atoms with E-state index in [-0.39, 0.29) is 91.6 Å². The smallest absolute Gasteiger partial charge is 0.359 e.